The Balaban J connectivity index is 1.99. The van der Waals surface area contributed by atoms with E-state index in [1.54, 1.807) is 34.0 Å². The number of carbonyl (C=O) groups excluding carboxylic acids is 1. The minimum Gasteiger partial charge on any atom is -0.463 e. The first-order valence-electron chi connectivity index (χ1n) is 9.56. The van der Waals surface area contributed by atoms with Crippen LogP contribution >= 0.6 is 0 Å². The molecule has 1 aromatic heterocycles. The predicted octanol–water partition coefficient (Wildman–Crippen LogP) is 1.96. The third-order valence-electron chi connectivity index (χ3n) is 5.18. The molecule has 2 unspecified atom stereocenters. The smallest absolute Gasteiger partial charge is 0.267 e. The number of hydrogen-bond acceptors (Lipinski definition) is 6. The van der Waals surface area contributed by atoms with Crippen LogP contribution in [0.3, 0.4) is 0 Å². The summed E-state index contributed by atoms with van der Waals surface area (Å²) in [5.41, 5.74) is 7.52. The number of carbonyl (C=O) groups is 1. The number of nitrogens with one attached hydrogen (secondary N) is 2. The van der Waals surface area contributed by atoms with E-state index in [4.69, 9.17) is 4.42 Å². The number of para-hydroxylation sites is 1. The molecule has 1 amide bonds. The highest BCUT2D eigenvalue weighted by molar-refractivity contribution is 7.92. The monoisotopic (exact) mass is 420 g/mol. The van der Waals surface area contributed by atoms with Crippen molar-refractivity contribution < 1.29 is 17.6 Å². The zero-order chi connectivity index (χ0) is 21.3. The molecule has 2 aromatic rings. The molecule has 1 aromatic carbocycles. The Hall–Kier alpha value is -2.36. The molecule has 0 spiro atoms. The molecular formula is C20H28N4O4S. The number of aryl methyl sites for hydroxylation is 2. The lowest BCUT2D eigenvalue weighted by atomic mass is 9.98. The van der Waals surface area contributed by atoms with Crippen molar-refractivity contribution >= 4 is 21.6 Å². The molecular weight excluding hydrogens is 392 g/mol. The topological polar surface area (TPSA) is 94.9 Å². The fourth-order valence-corrected chi connectivity index (χ4v) is 5.37. The molecule has 2 atom stereocenters. The van der Waals surface area contributed by atoms with Crippen molar-refractivity contribution in [2.24, 2.45) is 5.92 Å². The molecule has 1 aliphatic heterocycles. The minimum absolute atomic E-state index is 0.0546. The first-order chi connectivity index (χ1) is 13.7. The van der Waals surface area contributed by atoms with E-state index in [9.17, 15) is 13.2 Å². The van der Waals surface area contributed by atoms with Gasteiger partial charge in [-0.1, -0.05) is 18.2 Å². The van der Waals surface area contributed by atoms with Gasteiger partial charge in [0, 0.05) is 33.3 Å². The van der Waals surface area contributed by atoms with Crippen LogP contribution in [0.2, 0.25) is 0 Å². The van der Waals surface area contributed by atoms with E-state index in [0.29, 0.717) is 23.8 Å². The number of furan rings is 1. The first kappa shape index (κ1) is 21.4. The van der Waals surface area contributed by atoms with E-state index >= 15 is 0 Å². The molecule has 0 aliphatic carbocycles. The number of hydrazine groups is 1. The molecule has 2 heterocycles. The predicted molar refractivity (Wildman–Crippen MR) is 111 cm³/mol. The SMILES string of the molecule is CCN(c1ccccc1C)S(=O)(=O)c1cc(C2NNCC2C(=O)N(C)C)oc1C. The summed E-state index contributed by atoms with van der Waals surface area (Å²) in [5.74, 6) is 0.287. The van der Waals surface area contributed by atoms with Gasteiger partial charge in [0.2, 0.25) is 5.91 Å². The average Bonchev–Trinajstić information content (AvgIpc) is 3.29. The third kappa shape index (κ3) is 3.90. The Morgan fingerprint density at radius 2 is 1.93 bits per heavy atom. The molecule has 158 valence electrons. The zero-order valence-corrected chi connectivity index (χ0v) is 18.2. The average molecular weight is 421 g/mol. The highest BCUT2D eigenvalue weighted by Gasteiger charge is 2.39. The molecule has 1 aliphatic rings. The fraction of sp³-hybridized carbons (Fsp3) is 0.450. The number of sulfonamides is 1. The second-order valence-corrected chi connectivity index (χ2v) is 9.20. The molecule has 9 heteroatoms. The highest BCUT2D eigenvalue weighted by Crippen LogP contribution is 2.34. The van der Waals surface area contributed by atoms with Gasteiger partial charge >= 0.3 is 0 Å². The maximum absolute atomic E-state index is 13.4. The van der Waals surface area contributed by atoms with Gasteiger partial charge in [0.05, 0.1) is 17.6 Å². The van der Waals surface area contributed by atoms with Gasteiger partial charge in [0.25, 0.3) is 10.0 Å². The summed E-state index contributed by atoms with van der Waals surface area (Å²) >= 11 is 0. The third-order valence-corrected chi connectivity index (χ3v) is 7.17. The quantitative estimate of drug-likeness (QED) is 0.742. The summed E-state index contributed by atoms with van der Waals surface area (Å²) in [6.45, 7) is 6.04. The molecule has 0 saturated carbocycles. The summed E-state index contributed by atoms with van der Waals surface area (Å²) < 4.78 is 34.1. The second-order valence-electron chi connectivity index (χ2n) is 7.37. The van der Waals surface area contributed by atoms with Crippen molar-refractivity contribution in [1.29, 1.82) is 0 Å². The number of hydrogen-bond donors (Lipinski definition) is 2. The number of rotatable bonds is 6. The van der Waals surface area contributed by atoms with Crippen LogP contribution in [0.1, 0.15) is 30.0 Å². The summed E-state index contributed by atoms with van der Waals surface area (Å²) in [4.78, 5) is 14.1. The van der Waals surface area contributed by atoms with Crippen molar-refractivity contribution in [2.45, 2.75) is 31.7 Å². The van der Waals surface area contributed by atoms with Gasteiger partial charge < -0.3 is 9.32 Å². The van der Waals surface area contributed by atoms with Crippen LogP contribution in [0.4, 0.5) is 5.69 Å². The van der Waals surface area contributed by atoms with Crippen molar-refractivity contribution in [3.8, 4) is 0 Å². The summed E-state index contributed by atoms with van der Waals surface area (Å²) in [6.07, 6.45) is 0. The van der Waals surface area contributed by atoms with Crippen LogP contribution in [-0.4, -0.2) is 46.4 Å². The minimum atomic E-state index is -3.82. The molecule has 8 nitrogen and oxygen atoms in total. The Kier molecular flexibility index (Phi) is 6.02. The Labute approximate surface area is 171 Å². The molecule has 0 bridgehead atoms. The number of benzene rings is 1. The van der Waals surface area contributed by atoms with Gasteiger partial charge in [-0.25, -0.2) is 13.8 Å². The summed E-state index contributed by atoms with van der Waals surface area (Å²) in [5, 5.41) is 0. The van der Waals surface area contributed by atoms with Crippen LogP contribution in [0.25, 0.3) is 0 Å². The first-order valence-corrected chi connectivity index (χ1v) is 11.0. The van der Waals surface area contributed by atoms with Crippen molar-refractivity contribution in [3.05, 3.63) is 47.4 Å². The molecule has 2 N–H and O–H groups in total. The second kappa shape index (κ2) is 8.17. The van der Waals surface area contributed by atoms with Crippen LogP contribution in [0.15, 0.2) is 39.6 Å². The molecule has 0 radical (unpaired) electrons. The number of amides is 1. The van der Waals surface area contributed by atoms with Gasteiger partial charge in [-0.2, -0.15) is 0 Å². The van der Waals surface area contributed by atoms with E-state index in [1.807, 2.05) is 25.1 Å². The molecule has 1 fully saturated rings. The van der Waals surface area contributed by atoms with E-state index in [0.717, 1.165) is 5.56 Å². The van der Waals surface area contributed by atoms with Crippen molar-refractivity contribution in [2.75, 3.05) is 31.5 Å². The standard InChI is InChI=1S/C20H28N4O4S/c1-6-24(16-10-8-7-9-13(16)2)29(26,27)18-11-17(28-14(18)3)19-15(12-21-22-19)20(25)23(4)5/h7-11,15,19,21-22H,6,12H2,1-5H3. The van der Waals surface area contributed by atoms with E-state index in [-0.39, 0.29) is 23.3 Å². The van der Waals surface area contributed by atoms with Gasteiger partial charge in [-0.05, 0) is 32.4 Å². The van der Waals surface area contributed by atoms with E-state index in [2.05, 4.69) is 10.9 Å². The summed E-state index contributed by atoms with van der Waals surface area (Å²) in [6, 6.07) is 8.46. The number of anilines is 1. The normalized spacial score (nSPS) is 19.3. The van der Waals surface area contributed by atoms with Crippen LogP contribution in [0, 0.1) is 19.8 Å². The van der Waals surface area contributed by atoms with E-state index in [1.165, 1.54) is 15.3 Å². The Morgan fingerprint density at radius 3 is 2.55 bits per heavy atom. The van der Waals surface area contributed by atoms with Gasteiger partial charge in [-0.15, -0.1) is 0 Å². The zero-order valence-electron chi connectivity index (χ0n) is 17.4. The lowest BCUT2D eigenvalue weighted by Crippen LogP contribution is -2.34. The maximum Gasteiger partial charge on any atom is 0.267 e. The summed E-state index contributed by atoms with van der Waals surface area (Å²) in [7, 11) is -0.431. The van der Waals surface area contributed by atoms with Crippen LogP contribution in [0.5, 0.6) is 0 Å². The fourth-order valence-electron chi connectivity index (χ4n) is 3.66. The maximum atomic E-state index is 13.4. The molecule has 29 heavy (non-hydrogen) atoms. The lowest BCUT2D eigenvalue weighted by Gasteiger charge is -2.24. The Morgan fingerprint density at radius 1 is 1.24 bits per heavy atom. The van der Waals surface area contributed by atoms with Crippen LogP contribution < -0.4 is 15.2 Å². The molecule has 1 saturated heterocycles. The van der Waals surface area contributed by atoms with Crippen LogP contribution in [-0.2, 0) is 14.8 Å². The highest BCUT2D eigenvalue weighted by atomic mass is 32.2. The number of nitrogens with zero attached hydrogens (tertiary/aromatic N) is 2. The van der Waals surface area contributed by atoms with Crippen molar-refractivity contribution in [3.63, 3.8) is 0 Å². The van der Waals surface area contributed by atoms with Gasteiger partial charge in [0.15, 0.2) is 0 Å². The van der Waals surface area contributed by atoms with Crippen molar-refractivity contribution in [1.82, 2.24) is 15.8 Å². The van der Waals surface area contributed by atoms with E-state index < -0.39 is 16.1 Å². The Bertz CT molecular complexity index is 1000. The van der Waals surface area contributed by atoms with Gasteiger partial charge in [-0.3, -0.25) is 14.5 Å². The van der Waals surface area contributed by atoms with Gasteiger partial charge in [0.1, 0.15) is 16.4 Å². The molecule has 3 rings (SSSR count). The lowest BCUT2D eigenvalue weighted by molar-refractivity contribution is -0.133. The largest absolute Gasteiger partial charge is 0.463 e.